The molecule has 3 heterocycles. The fourth-order valence-electron chi connectivity index (χ4n) is 3.59. The SMILES string of the molecule is COc1cccc(F)c1CNc1ccc(-c2cnc(CC(C)C)nc2C)c2nncn12. The van der Waals surface area contributed by atoms with Crippen molar-refractivity contribution < 1.29 is 9.13 Å². The lowest BCUT2D eigenvalue weighted by Crippen LogP contribution is -2.08. The molecule has 0 saturated heterocycles. The van der Waals surface area contributed by atoms with Crippen LogP contribution in [0.2, 0.25) is 0 Å². The Labute approximate surface area is 180 Å². The van der Waals surface area contributed by atoms with Crippen LogP contribution in [0.1, 0.15) is 30.9 Å². The third-order valence-corrected chi connectivity index (χ3v) is 5.11. The molecule has 0 aliphatic rings. The zero-order chi connectivity index (χ0) is 22.0. The number of fused-ring (bicyclic) bond motifs is 1. The number of nitrogens with zero attached hydrogens (tertiary/aromatic N) is 5. The maximum Gasteiger partial charge on any atom is 0.170 e. The maximum absolute atomic E-state index is 14.3. The third kappa shape index (κ3) is 4.19. The number of pyridine rings is 1. The fraction of sp³-hybridized carbons (Fsp3) is 0.304. The molecule has 4 rings (SSSR count). The van der Waals surface area contributed by atoms with Crippen LogP contribution in [0.5, 0.6) is 5.75 Å². The minimum atomic E-state index is -0.322. The Morgan fingerprint density at radius 3 is 2.74 bits per heavy atom. The summed E-state index contributed by atoms with van der Waals surface area (Å²) < 4.78 is 21.4. The van der Waals surface area contributed by atoms with Crippen molar-refractivity contribution in [3.8, 4) is 16.9 Å². The summed E-state index contributed by atoms with van der Waals surface area (Å²) in [5, 5.41) is 11.6. The predicted molar refractivity (Wildman–Crippen MR) is 118 cm³/mol. The van der Waals surface area contributed by atoms with Gasteiger partial charge in [0.1, 0.15) is 29.5 Å². The molecule has 1 N–H and O–H groups in total. The molecule has 0 radical (unpaired) electrons. The normalized spacial score (nSPS) is 11.3. The van der Waals surface area contributed by atoms with E-state index in [4.69, 9.17) is 4.74 Å². The molecule has 0 spiro atoms. The van der Waals surface area contributed by atoms with E-state index in [9.17, 15) is 4.39 Å². The van der Waals surface area contributed by atoms with Crippen LogP contribution in [0.3, 0.4) is 0 Å². The van der Waals surface area contributed by atoms with E-state index in [0.717, 1.165) is 34.9 Å². The molecule has 0 aliphatic carbocycles. The van der Waals surface area contributed by atoms with Gasteiger partial charge in [-0.25, -0.2) is 14.4 Å². The number of halogens is 1. The summed E-state index contributed by atoms with van der Waals surface area (Å²) in [6, 6.07) is 8.66. The molecule has 3 aromatic heterocycles. The van der Waals surface area contributed by atoms with E-state index in [1.165, 1.54) is 13.2 Å². The van der Waals surface area contributed by atoms with Crippen LogP contribution in [0.25, 0.3) is 16.8 Å². The Balaban J connectivity index is 1.66. The van der Waals surface area contributed by atoms with Crippen molar-refractivity contribution in [3.63, 3.8) is 0 Å². The molecular weight excluding hydrogens is 395 g/mol. The van der Waals surface area contributed by atoms with Gasteiger partial charge in [0.05, 0.1) is 7.11 Å². The van der Waals surface area contributed by atoms with Crippen LogP contribution in [0.4, 0.5) is 10.2 Å². The molecule has 0 atom stereocenters. The molecule has 31 heavy (non-hydrogen) atoms. The lowest BCUT2D eigenvalue weighted by molar-refractivity contribution is 0.405. The van der Waals surface area contributed by atoms with E-state index in [0.29, 0.717) is 22.9 Å². The number of ether oxygens (including phenoxy) is 1. The van der Waals surface area contributed by atoms with Gasteiger partial charge in [-0.1, -0.05) is 19.9 Å². The van der Waals surface area contributed by atoms with E-state index >= 15 is 0 Å². The highest BCUT2D eigenvalue weighted by Gasteiger charge is 2.15. The van der Waals surface area contributed by atoms with Crippen molar-refractivity contribution >= 4 is 11.5 Å². The van der Waals surface area contributed by atoms with Gasteiger partial charge < -0.3 is 10.1 Å². The van der Waals surface area contributed by atoms with E-state index in [2.05, 4.69) is 39.3 Å². The highest BCUT2D eigenvalue weighted by Crippen LogP contribution is 2.29. The molecule has 0 aliphatic heterocycles. The van der Waals surface area contributed by atoms with Crippen LogP contribution in [-0.4, -0.2) is 31.7 Å². The fourth-order valence-corrected chi connectivity index (χ4v) is 3.59. The van der Waals surface area contributed by atoms with Gasteiger partial charge in [-0.15, -0.1) is 10.2 Å². The third-order valence-electron chi connectivity index (χ3n) is 5.11. The summed E-state index contributed by atoms with van der Waals surface area (Å²) in [6.45, 7) is 6.53. The highest BCUT2D eigenvalue weighted by atomic mass is 19.1. The first-order chi connectivity index (χ1) is 15.0. The van der Waals surface area contributed by atoms with E-state index in [-0.39, 0.29) is 12.4 Å². The van der Waals surface area contributed by atoms with Gasteiger partial charge in [0, 0.05) is 41.5 Å². The smallest absolute Gasteiger partial charge is 0.170 e. The van der Waals surface area contributed by atoms with Gasteiger partial charge in [-0.2, -0.15) is 0 Å². The summed E-state index contributed by atoms with van der Waals surface area (Å²) in [7, 11) is 1.53. The second-order valence-corrected chi connectivity index (χ2v) is 7.81. The first-order valence-corrected chi connectivity index (χ1v) is 10.2. The summed E-state index contributed by atoms with van der Waals surface area (Å²) in [5.41, 5.74) is 3.83. The average Bonchev–Trinajstić information content (AvgIpc) is 3.23. The number of benzene rings is 1. The molecule has 0 amide bonds. The van der Waals surface area contributed by atoms with E-state index in [1.807, 2.05) is 29.7 Å². The Kier molecular flexibility index (Phi) is 5.79. The molecule has 4 aromatic rings. The number of methoxy groups -OCH3 is 1. The number of nitrogens with one attached hydrogen (secondary N) is 1. The minimum Gasteiger partial charge on any atom is -0.496 e. The van der Waals surface area contributed by atoms with Gasteiger partial charge in [-0.05, 0) is 37.1 Å². The largest absolute Gasteiger partial charge is 0.496 e. The Morgan fingerprint density at radius 1 is 1.16 bits per heavy atom. The van der Waals surface area contributed by atoms with Crippen LogP contribution < -0.4 is 10.1 Å². The van der Waals surface area contributed by atoms with Crippen molar-refractivity contribution in [2.24, 2.45) is 5.92 Å². The average molecular weight is 420 g/mol. The topological polar surface area (TPSA) is 77.2 Å². The molecule has 8 heteroatoms. The lowest BCUT2D eigenvalue weighted by atomic mass is 10.1. The standard InChI is InChI=1S/C23H25FN6O/c1-14(2)10-21-25-11-17(15(3)28-21)16-8-9-22(30-13-27-29-23(16)30)26-12-18-19(24)6-5-7-20(18)31-4/h5-9,11,13-14,26H,10,12H2,1-4H3. The predicted octanol–water partition coefficient (Wildman–Crippen LogP) is 4.45. The van der Waals surface area contributed by atoms with Gasteiger partial charge in [0.2, 0.25) is 0 Å². The van der Waals surface area contributed by atoms with Gasteiger partial charge in [0.15, 0.2) is 5.65 Å². The summed E-state index contributed by atoms with van der Waals surface area (Å²) in [5.74, 6) is 2.25. The number of rotatable bonds is 7. The van der Waals surface area contributed by atoms with Crippen molar-refractivity contribution in [3.05, 3.63) is 65.8 Å². The molecule has 7 nitrogen and oxygen atoms in total. The number of anilines is 1. The monoisotopic (exact) mass is 420 g/mol. The lowest BCUT2D eigenvalue weighted by Gasteiger charge is -2.14. The van der Waals surface area contributed by atoms with Gasteiger partial charge in [0.25, 0.3) is 0 Å². The molecule has 1 aromatic carbocycles. The molecule has 0 unspecified atom stereocenters. The number of hydrogen-bond donors (Lipinski definition) is 1. The molecule has 0 bridgehead atoms. The Bertz CT molecular complexity index is 1220. The molecule has 0 saturated carbocycles. The van der Waals surface area contributed by atoms with Crippen molar-refractivity contribution in [2.75, 3.05) is 12.4 Å². The Morgan fingerprint density at radius 2 is 2.00 bits per heavy atom. The quantitative estimate of drug-likeness (QED) is 0.476. The van der Waals surface area contributed by atoms with Crippen LogP contribution in [-0.2, 0) is 13.0 Å². The minimum absolute atomic E-state index is 0.258. The molecule has 160 valence electrons. The zero-order valence-corrected chi connectivity index (χ0v) is 18.1. The molecule has 0 fully saturated rings. The first kappa shape index (κ1) is 20.7. The van der Waals surface area contributed by atoms with E-state index < -0.39 is 0 Å². The highest BCUT2D eigenvalue weighted by molar-refractivity contribution is 5.79. The first-order valence-electron chi connectivity index (χ1n) is 10.2. The van der Waals surface area contributed by atoms with Crippen molar-refractivity contribution in [1.82, 2.24) is 24.6 Å². The summed E-state index contributed by atoms with van der Waals surface area (Å²) in [6.07, 6.45) is 4.31. The van der Waals surface area contributed by atoms with Gasteiger partial charge in [-0.3, -0.25) is 4.40 Å². The molecular formula is C23H25FN6O. The van der Waals surface area contributed by atoms with Crippen molar-refractivity contribution in [1.29, 1.82) is 0 Å². The van der Waals surface area contributed by atoms with Gasteiger partial charge >= 0.3 is 0 Å². The zero-order valence-electron chi connectivity index (χ0n) is 18.1. The summed E-state index contributed by atoms with van der Waals surface area (Å²) in [4.78, 5) is 9.20. The van der Waals surface area contributed by atoms with E-state index in [1.54, 1.807) is 18.5 Å². The second-order valence-electron chi connectivity index (χ2n) is 7.81. The van der Waals surface area contributed by atoms with Crippen molar-refractivity contribution in [2.45, 2.75) is 33.7 Å². The van der Waals surface area contributed by atoms with Crippen LogP contribution >= 0.6 is 0 Å². The van der Waals surface area contributed by atoms with Crippen LogP contribution in [0.15, 0.2) is 42.9 Å². The second kappa shape index (κ2) is 8.67. The van der Waals surface area contributed by atoms with Crippen LogP contribution in [0, 0.1) is 18.7 Å². The number of hydrogen-bond acceptors (Lipinski definition) is 6. The summed E-state index contributed by atoms with van der Waals surface area (Å²) >= 11 is 0. The number of aromatic nitrogens is 5. The number of aryl methyl sites for hydroxylation is 1. The Hall–Kier alpha value is -3.55. The maximum atomic E-state index is 14.3.